The Morgan fingerprint density at radius 1 is 1.04 bits per heavy atom. The summed E-state index contributed by atoms with van der Waals surface area (Å²) in [5.41, 5.74) is 0.561. The molecule has 0 amide bonds. The summed E-state index contributed by atoms with van der Waals surface area (Å²) in [6.07, 6.45) is -1.71. The summed E-state index contributed by atoms with van der Waals surface area (Å²) in [7, 11) is 0. The number of aliphatic carboxylic acids is 1. The number of benzene rings is 2. The molecule has 25 heavy (non-hydrogen) atoms. The van der Waals surface area contributed by atoms with Crippen molar-refractivity contribution >= 4 is 17.5 Å². The molecular formula is C18H16O7. The van der Waals surface area contributed by atoms with E-state index in [1.807, 2.05) is 0 Å². The van der Waals surface area contributed by atoms with Gasteiger partial charge >= 0.3 is 11.9 Å². The van der Waals surface area contributed by atoms with Crippen molar-refractivity contribution < 1.29 is 34.8 Å². The first-order valence-electron chi connectivity index (χ1n) is 7.21. The smallest absolute Gasteiger partial charge is 0.345 e. The lowest BCUT2D eigenvalue weighted by molar-refractivity contribution is -0.159. The second-order valence-corrected chi connectivity index (χ2v) is 5.29. The maximum Gasteiger partial charge on any atom is 0.345 e. The summed E-state index contributed by atoms with van der Waals surface area (Å²) in [6.45, 7) is 3.56. The highest BCUT2D eigenvalue weighted by atomic mass is 16.6. The second-order valence-electron chi connectivity index (χ2n) is 5.29. The van der Waals surface area contributed by atoms with Crippen molar-refractivity contribution in [1.82, 2.24) is 0 Å². The molecule has 0 spiro atoms. The Hall–Kier alpha value is -3.48. The van der Waals surface area contributed by atoms with Crippen LogP contribution >= 0.6 is 0 Å². The number of carboxylic acids is 1. The first-order chi connectivity index (χ1) is 11.8. The van der Waals surface area contributed by atoms with Gasteiger partial charge in [-0.2, -0.15) is 0 Å². The predicted octanol–water partition coefficient (Wildman–Crippen LogP) is 2.06. The third-order valence-corrected chi connectivity index (χ3v) is 3.43. The summed E-state index contributed by atoms with van der Waals surface area (Å²) in [5, 5.41) is 37.4. The van der Waals surface area contributed by atoms with E-state index in [9.17, 15) is 30.0 Å². The Bertz CT molecular complexity index is 826. The highest BCUT2D eigenvalue weighted by Gasteiger charge is 2.25. The van der Waals surface area contributed by atoms with Crippen LogP contribution in [-0.2, 0) is 20.7 Å². The molecule has 0 aliphatic carbocycles. The van der Waals surface area contributed by atoms with Gasteiger partial charge in [-0.05, 0) is 35.4 Å². The third kappa shape index (κ3) is 4.51. The minimum Gasteiger partial charge on any atom is -0.508 e. The van der Waals surface area contributed by atoms with Gasteiger partial charge in [0.15, 0.2) is 11.5 Å². The highest BCUT2D eigenvalue weighted by Crippen LogP contribution is 2.26. The fraction of sp³-hybridized carbons (Fsp3) is 0.111. The molecule has 0 unspecified atom stereocenters. The number of hydrogen-bond donors (Lipinski definition) is 4. The van der Waals surface area contributed by atoms with Crippen molar-refractivity contribution in [2.45, 2.75) is 12.5 Å². The third-order valence-electron chi connectivity index (χ3n) is 3.43. The SMILES string of the molecule is C=C(C(=O)O[C@H](Cc1ccc(O)c(O)c1)C(=O)O)c1cccc(O)c1. The number of rotatable bonds is 6. The number of ether oxygens (including phenoxy) is 1. The van der Waals surface area contributed by atoms with Crippen molar-refractivity contribution in [3.63, 3.8) is 0 Å². The molecule has 0 heterocycles. The number of carboxylic acid groups (broad SMARTS) is 1. The van der Waals surface area contributed by atoms with Crippen molar-refractivity contribution in [1.29, 1.82) is 0 Å². The molecule has 4 N–H and O–H groups in total. The molecule has 0 saturated carbocycles. The van der Waals surface area contributed by atoms with Crippen LogP contribution < -0.4 is 0 Å². The normalized spacial score (nSPS) is 11.5. The lowest BCUT2D eigenvalue weighted by atomic mass is 10.1. The molecule has 130 valence electrons. The monoisotopic (exact) mass is 344 g/mol. The largest absolute Gasteiger partial charge is 0.508 e. The zero-order chi connectivity index (χ0) is 18.6. The van der Waals surface area contributed by atoms with Crippen molar-refractivity contribution in [3.05, 3.63) is 60.2 Å². The zero-order valence-electron chi connectivity index (χ0n) is 13.0. The predicted molar refractivity (Wildman–Crippen MR) is 88.1 cm³/mol. The lowest BCUT2D eigenvalue weighted by Crippen LogP contribution is -2.29. The molecular weight excluding hydrogens is 328 g/mol. The quantitative estimate of drug-likeness (QED) is 0.359. The molecule has 0 aliphatic heterocycles. The average Bonchev–Trinajstić information content (AvgIpc) is 2.56. The maximum atomic E-state index is 12.1. The van der Waals surface area contributed by atoms with E-state index in [0.717, 1.165) is 0 Å². The lowest BCUT2D eigenvalue weighted by Gasteiger charge is -2.15. The van der Waals surface area contributed by atoms with Gasteiger partial charge in [0.25, 0.3) is 0 Å². The van der Waals surface area contributed by atoms with Crippen LogP contribution in [0.1, 0.15) is 11.1 Å². The van der Waals surface area contributed by atoms with Crippen LogP contribution in [0, 0.1) is 0 Å². The van der Waals surface area contributed by atoms with Crippen LogP contribution in [0.2, 0.25) is 0 Å². The summed E-state index contributed by atoms with van der Waals surface area (Å²) in [6, 6.07) is 9.55. The molecule has 0 radical (unpaired) electrons. The second kappa shape index (κ2) is 7.39. The first-order valence-corrected chi connectivity index (χ1v) is 7.21. The van der Waals surface area contributed by atoms with Gasteiger partial charge in [-0.15, -0.1) is 0 Å². The Labute approximate surface area is 143 Å². The van der Waals surface area contributed by atoms with E-state index in [-0.39, 0.29) is 23.5 Å². The van der Waals surface area contributed by atoms with Crippen molar-refractivity contribution in [3.8, 4) is 17.2 Å². The number of phenols is 3. The fourth-order valence-corrected chi connectivity index (χ4v) is 2.10. The van der Waals surface area contributed by atoms with Crippen molar-refractivity contribution in [2.75, 3.05) is 0 Å². The van der Waals surface area contributed by atoms with E-state index in [1.165, 1.54) is 42.5 Å². The van der Waals surface area contributed by atoms with E-state index >= 15 is 0 Å². The Kier molecular flexibility index (Phi) is 5.28. The molecule has 0 bridgehead atoms. The summed E-state index contributed by atoms with van der Waals surface area (Å²) in [5.74, 6) is -3.13. The Morgan fingerprint density at radius 2 is 1.76 bits per heavy atom. The van der Waals surface area contributed by atoms with Crippen LogP contribution in [0.5, 0.6) is 17.2 Å². The summed E-state index contributed by atoms with van der Waals surface area (Å²) < 4.78 is 4.98. The summed E-state index contributed by atoms with van der Waals surface area (Å²) >= 11 is 0. The van der Waals surface area contributed by atoms with Gasteiger partial charge in [-0.3, -0.25) is 0 Å². The fourth-order valence-electron chi connectivity index (χ4n) is 2.10. The van der Waals surface area contributed by atoms with Gasteiger partial charge in [0, 0.05) is 6.42 Å². The maximum absolute atomic E-state index is 12.1. The molecule has 7 heteroatoms. The molecule has 2 aromatic carbocycles. The molecule has 2 rings (SSSR count). The number of hydrogen-bond acceptors (Lipinski definition) is 6. The Balaban J connectivity index is 2.12. The molecule has 0 fully saturated rings. The van der Waals surface area contributed by atoms with E-state index in [1.54, 1.807) is 0 Å². The molecule has 2 aromatic rings. The van der Waals surface area contributed by atoms with E-state index < -0.39 is 23.8 Å². The van der Waals surface area contributed by atoms with Gasteiger partial charge in [0.1, 0.15) is 5.75 Å². The van der Waals surface area contributed by atoms with Gasteiger partial charge in [0.2, 0.25) is 6.10 Å². The van der Waals surface area contributed by atoms with Gasteiger partial charge in [0.05, 0.1) is 5.57 Å². The first kappa shape index (κ1) is 17.9. The molecule has 0 saturated heterocycles. The van der Waals surface area contributed by atoms with E-state index in [4.69, 9.17) is 4.74 Å². The molecule has 0 aliphatic rings. The van der Waals surface area contributed by atoms with Crippen LogP contribution in [-0.4, -0.2) is 38.5 Å². The minimum atomic E-state index is -1.51. The average molecular weight is 344 g/mol. The molecule has 1 atom stereocenters. The standard InChI is InChI=1S/C18H16O7/c1-10(12-3-2-4-13(19)9-12)18(24)25-16(17(22)23)8-11-5-6-14(20)15(21)7-11/h2-7,9,16,19-21H,1,8H2,(H,22,23)/t16-/m1/s1. The highest BCUT2D eigenvalue weighted by molar-refractivity contribution is 6.16. The van der Waals surface area contributed by atoms with Crippen LogP contribution in [0.15, 0.2) is 49.0 Å². The Morgan fingerprint density at radius 3 is 2.36 bits per heavy atom. The van der Waals surface area contributed by atoms with Crippen LogP contribution in [0.25, 0.3) is 5.57 Å². The number of carbonyl (C=O) groups is 2. The number of carbonyl (C=O) groups excluding carboxylic acids is 1. The summed E-state index contributed by atoms with van der Waals surface area (Å²) in [4.78, 5) is 23.5. The zero-order valence-corrected chi connectivity index (χ0v) is 13.0. The molecule has 7 nitrogen and oxygen atoms in total. The number of esters is 1. The minimum absolute atomic E-state index is 0.0687. The van der Waals surface area contributed by atoms with Crippen molar-refractivity contribution in [2.24, 2.45) is 0 Å². The van der Waals surface area contributed by atoms with Crippen LogP contribution in [0.3, 0.4) is 0 Å². The van der Waals surface area contributed by atoms with Crippen LogP contribution in [0.4, 0.5) is 0 Å². The van der Waals surface area contributed by atoms with Gasteiger partial charge in [-0.25, -0.2) is 9.59 Å². The topological polar surface area (TPSA) is 124 Å². The van der Waals surface area contributed by atoms with E-state index in [0.29, 0.717) is 11.1 Å². The number of phenolic OH excluding ortho intramolecular Hbond substituents is 3. The van der Waals surface area contributed by atoms with E-state index in [2.05, 4.69) is 6.58 Å². The molecule has 0 aromatic heterocycles. The van der Waals surface area contributed by atoms with Gasteiger partial charge < -0.3 is 25.2 Å². The number of aromatic hydroxyl groups is 3. The van der Waals surface area contributed by atoms with Gasteiger partial charge in [-0.1, -0.05) is 24.8 Å².